The minimum atomic E-state index is -0.280. The van der Waals surface area contributed by atoms with Crippen LogP contribution in [0.4, 0.5) is 10.1 Å². The molecule has 1 amide bonds. The highest BCUT2D eigenvalue weighted by atomic mass is 19.1. The van der Waals surface area contributed by atoms with Gasteiger partial charge in [-0.05, 0) is 55.7 Å². The third-order valence-electron chi connectivity index (χ3n) is 5.51. The molecule has 0 bridgehead atoms. The zero-order valence-electron chi connectivity index (χ0n) is 16.3. The summed E-state index contributed by atoms with van der Waals surface area (Å²) in [5.41, 5.74) is 4.69. The molecule has 0 radical (unpaired) electrons. The normalized spacial score (nSPS) is 16.2. The van der Waals surface area contributed by atoms with Gasteiger partial charge in [0.15, 0.2) is 0 Å². The first-order chi connectivity index (χ1) is 13.0. The molecule has 4 nitrogen and oxygen atoms in total. The van der Waals surface area contributed by atoms with Gasteiger partial charge in [-0.1, -0.05) is 24.3 Å². The van der Waals surface area contributed by atoms with E-state index < -0.39 is 0 Å². The predicted molar refractivity (Wildman–Crippen MR) is 107 cm³/mol. The van der Waals surface area contributed by atoms with Crippen LogP contribution in [0.15, 0.2) is 42.5 Å². The van der Waals surface area contributed by atoms with Gasteiger partial charge in [-0.15, -0.1) is 0 Å². The maximum atomic E-state index is 13.2. The number of carbonyl (C=O) groups is 1. The number of piperazine rings is 1. The first-order valence-corrected chi connectivity index (χ1v) is 9.53. The number of carbonyl (C=O) groups excluding carboxylic acids is 1. The molecule has 144 valence electrons. The summed E-state index contributed by atoms with van der Waals surface area (Å²) >= 11 is 0. The van der Waals surface area contributed by atoms with Gasteiger partial charge in [0, 0.05) is 38.4 Å². The maximum Gasteiger partial charge on any atom is 0.237 e. The van der Waals surface area contributed by atoms with Gasteiger partial charge >= 0.3 is 0 Å². The number of nitrogens with one attached hydrogen (secondary N) is 1. The Balaban J connectivity index is 1.52. The summed E-state index contributed by atoms with van der Waals surface area (Å²) in [6, 6.07) is 12.6. The van der Waals surface area contributed by atoms with E-state index in [2.05, 4.69) is 47.2 Å². The Morgan fingerprint density at radius 2 is 1.81 bits per heavy atom. The van der Waals surface area contributed by atoms with E-state index in [4.69, 9.17) is 0 Å². The smallest absolute Gasteiger partial charge is 0.237 e. The summed E-state index contributed by atoms with van der Waals surface area (Å²) in [4.78, 5) is 17.1. The fourth-order valence-corrected chi connectivity index (χ4v) is 3.58. The van der Waals surface area contributed by atoms with Crippen molar-refractivity contribution in [1.82, 2.24) is 10.2 Å². The summed E-state index contributed by atoms with van der Waals surface area (Å²) in [5, 5.41) is 2.92. The molecule has 5 heteroatoms. The molecule has 0 spiro atoms. The summed E-state index contributed by atoms with van der Waals surface area (Å²) in [5.74, 6) is -0.295. The van der Waals surface area contributed by atoms with E-state index in [0.29, 0.717) is 6.54 Å². The monoisotopic (exact) mass is 369 g/mol. The lowest BCUT2D eigenvalue weighted by Gasteiger charge is -2.39. The fourth-order valence-electron chi connectivity index (χ4n) is 3.58. The largest absolute Gasteiger partial charge is 0.369 e. The number of hydrogen-bond acceptors (Lipinski definition) is 3. The molecule has 27 heavy (non-hydrogen) atoms. The van der Waals surface area contributed by atoms with Crippen LogP contribution in [0.25, 0.3) is 0 Å². The van der Waals surface area contributed by atoms with Gasteiger partial charge in [-0.3, -0.25) is 9.69 Å². The first-order valence-electron chi connectivity index (χ1n) is 9.53. The average molecular weight is 369 g/mol. The van der Waals surface area contributed by atoms with Gasteiger partial charge in [0.2, 0.25) is 5.91 Å². The Bertz CT molecular complexity index is 800. The molecule has 1 N–H and O–H groups in total. The molecule has 1 saturated heterocycles. The molecule has 3 rings (SSSR count). The van der Waals surface area contributed by atoms with Crippen LogP contribution in [0.3, 0.4) is 0 Å². The Morgan fingerprint density at radius 1 is 1.11 bits per heavy atom. The van der Waals surface area contributed by atoms with E-state index in [-0.39, 0.29) is 17.8 Å². The number of anilines is 1. The van der Waals surface area contributed by atoms with Crippen LogP contribution in [0, 0.1) is 19.7 Å². The number of benzene rings is 2. The second-order valence-corrected chi connectivity index (χ2v) is 7.27. The van der Waals surface area contributed by atoms with Crippen LogP contribution in [0.1, 0.15) is 23.6 Å². The Labute approximate surface area is 161 Å². The van der Waals surface area contributed by atoms with Crippen molar-refractivity contribution >= 4 is 11.6 Å². The number of rotatable bonds is 5. The lowest BCUT2D eigenvalue weighted by Crippen LogP contribution is -2.54. The van der Waals surface area contributed by atoms with Crippen molar-refractivity contribution in [3.05, 3.63) is 65.0 Å². The van der Waals surface area contributed by atoms with E-state index >= 15 is 0 Å². The van der Waals surface area contributed by atoms with Gasteiger partial charge in [0.25, 0.3) is 0 Å². The van der Waals surface area contributed by atoms with Crippen molar-refractivity contribution in [3.8, 4) is 0 Å². The van der Waals surface area contributed by atoms with Crippen LogP contribution in [0.5, 0.6) is 0 Å². The molecule has 0 aromatic heterocycles. The lowest BCUT2D eigenvalue weighted by molar-refractivity contribution is -0.126. The highest BCUT2D eigenvalue weighted by Crippen LogP contribution is 2.24. The molecule has 0 aliphatic carbocycles. The molecular weight excluding hydrogens is 341 g/mol. The number of amides is 1. The van der Waals surface area contributed by atoms with Crippen LogP contribution in [-0.4, -0.2) is 43.0 Å². The molecule has 1 fully saturated rings. The molecule has 1 heterocycles. The summed E-state index contributed by atoms with van der Waals surface area (Å²) in [6.07, 6.45) is 0. The lowest BCUT2D eigenvalue weighted by atomic mass is 10.1. The standard InChI is InChI=1S/C22H28FN3O/c1-16-6-4-9-21(17(16)2)26-12-10-25(11-13-26)18(3)22(27)24-15-19-7-5-8-20(23)14-19/h4-9,14,18H,10-13,15H2,1-3H3,(H,24,27). The first kappa shape index (κ1) is 19.4. The molecule has 0 saturated carbocycles. The SMILES string of the molecule is Cc1cccc(N2CCN(C(C)C(=O)NCc3cccc(F)c3)CC2)c1C. The number of aryl methyl sites for hydroxylation is 1. The maximum absolute atomic E-state index is 13.2. The van der Waals surface area contributed by atoms with Gasteiger partial charge < -0.3 is 10.2 Å². The molecule has 2 aromatic rings. The zero-order chi connectivity index (χ0) is 19.4. The van der Waals surface area contributed by atoms with Crippen molar-refractivity contribution in [1.29, 1.82) is 0 Å². The third kappa shape index (κ3) is 4.66. The Morgan fingerprint density at radius 3 is 2.52 bits per heavy atom. The van der Waals surface area contributed by atoms with Gasteiger partial charge in [-0.2, -0.15) is 0 Å². The highest BCUT2D eigenvalue weighted by Gasteiger charge is 2.26. The Hall–Kier alpha value is -2.40. The van der Waals surface area contributed by atoms with Gasteiger partial charge in [0.1, 0.15) is 5.82 Å². The van der Waals surface area contributed by atoms with Crippen LogP contribution in [0.2, 0.25) is 0 Å². The minimum absolute atomic E-state index is 0.0144. The molecule has 1 aliphatic heterocycles. The number of hydrogen-bond donors (Lipinski definition) is 1. The van der Waals surface area contributed by atoms with Crippen LogP contribution in [-0.2, 0) is 11.3 Å². The van der Waals surface area contributed by atoms with Crippen molar-refractivity contribution in [2.24, 2.45) is 0 Å². The quantitative estimate of drug-likeness (QED) is 0.879. The van der Waals surface area contributed by atoms with Crippen LogP contribution >= 0.6 is 0 Å². The van der Waals surface area contributed by atoms with Crippen molar-refractivity contribution in [3.63, 3.8) is 0 Å². The molecule has 2 aromatic carbocycles. The number of nitrogens with zero attached hydrogens (tertiary/aromatic N) is 2. The van der Waals surface area contributed by atoms with E-state index in [0.717, 1.165) is 31.7 Å². The van der Waals surface area contributed by atoms with E-state index in [1.54, 1.807) is 6.07 Å². The highest BCUT2D eigenvalue weighted by molar-refractivity contribution is 5.81. The zero-order valence-corrected chi connectivity index (χ0v) is 16.3. The van der Waals surface area contributed by atoms with Crippen molar-refractivity contribution in [2.45, 2.75) is 33.4 Å². The van der Waals surface area contributed by atoms with E-state index in [9.17, 15) is 9.18 Å². The van der Waals surface area contributed by atoms with Gasteiger partial charge in [-0.25, -0.2) is 4.39 Å². The topological polar surface area (TPSA) is 35.6 Å². The molecular formula is C22H28FN3O. The van der Waals surface area contributed by atoms with E-state index in [1.807, 2.05) is 13.0 Å². The van der Waals surface area contributed by atoms with Crippen molar-refractivity contribution < 1.29 is 9.18 Å². The average Bonchev–Trinajstić information content (AvgIpc) is 2.68. The van der Waals surface area contributed by atoms with E-state index in [1.165, 1.54) is 28.9 Å². The minimum Gasteiger partial charge on any atom is -0.369 e. The molecule has 1 unspecified atom stereocenters. The van der Waals surface area contributed by atoms with Crippen LogP contribution < -0.4 is 10.2 Å². The van der Waals surface area contributed by atoms with Crippen molar-refractivity contribution in [2.75, 3.05) is 31.1 Å². The summed E-state index contributed by atoms with van der Waals surface area (Å²) in [7, 11) is 0. The number of halogens is 1. The fraction of sp³-hybridized carbons (Fsp3) is 0.409. The predicted octanol–water partition coefficient (Wildman–Crippen LogP) is 3.27. The summed E-state index contributed by atoms with van der Waals surface area (Å²) in [6.45, 7) is 10.1. The van der Waals surface area contributed by atoms with Gasteiger partial charge in [0.05, 0.1) is 6.04 Å². The second-order valence-electron chi connectivity index (χ2n) is 7.27. The third-order valence-corrected chi connectivity index (χ3v) is 5.51. The second kappa shape index (κ2) is 8.53. The summed E-state index contributed by atoms with van der Waals surface area (Å²) < 4.78 is 13.2. The Kier molecular flexibility index (Phi) is 6.11. The molecule has 1 aliphatic rings. The molecule has 1 atom stereocenters.